The Balaban J connectivity index is 3.34. The number of imidazole rings is 1. The Bertz CT molecular complexity index is 2420. The summed E-state index contributed by atoms with van der Waals surface area (Å²) in [6.45, 7) is 5.76. The topological polar surface area (TPSA) is 527 Å². The van der Waals surface area contributed by atoms with Crippen molar-refractivity contribution in [2.45, 2.75) is 172 Å². The molecule has 0 aliphatic carbocycles. The minimum absolute atomic E-state index is 0.00294. The third-order valence-corrected chi connectivity index (χ3v) is 13.9. The van der Waals surface area contributed by atoms with Crippen molar-refractivity contribution in [3.63, 3.8) is 0 Å². The Labute approximate surface area is 500 Å². The second-order valence-electron chi connectivity index (χ2n) is 20.2. The number of carbonyl (C=O) groups excluding carboxylic acids is 11. The van der Waals surface area contributed by atoms with Gasteiger partial charge in [-0.1, -0.05) is 13.8 Å². The minimum atomic E-state index is -1.63. The lowest BCUT2D eigenvalue weighted by atomic mass is 10.0. The molecule has 32 nitrogen and oxygen atoms in total. The zero-order valence-electron chi connectivity index (χ0n) is 48.6. The highest BCUT2D eigenvalue weighted by atomic mass is 32.2. The van der Waals surface area contributed by atoms with E-state index >= 15 is 0 Å². The molecular formula is C51H85N15O17S2. The molecule has 0 aliphatic rings. The summed E-state index contributed by atoms with van der Waals surface area (Å²) in [7, 11) is 0. The number of nitrogens with zero attached hydrogens (tertiary/aromatic N) is 1. The normalized spacial score (nSPS) is 14.6. The lowest BCUT2D eigenvalue weighted by Crippen LogP contribution is -2.60. The van der Waals surface area contributed by atoms with Gasteiger partial charge in [0.1, 0.15) is 60.4 Å². The van der Waals surface area contributed by atoms with Crippen LogP contribution in [0.25, 0.3) is 0 Å². The molecule has 0 unspecified atom stereocenters. The number of thioether (sulfide) groups is 2. The van der Waals surface area contributed by atoms with Crippen LogP contribution in [-0.4, -0.2) is 206 Å². The fourth-order valence-corrected chi connectivity index (χ4v) is 8.83. The number of carbonyl (C=O) groups is 14. The van der Waals surface area contributed by atoms with E-state index in [1.54, 1.807) is 26.4 Å². The van der Waals surface area contributed by atoms with Gasteiger partial charge >= 0.3 is 17.9 Å². The van der Waals surface area contributed by atoms with Crippen LogP contribution in [0.4, 0.5) is 0 Å². The molecule has 85 heavy (non-hydrogen) atoms. The smallest absolute Gasteiger partial charge is 0.326 e. The fraction of sp³-hybridized carbons (Fsp3) is 0.667. The van der Waals surface area contributed by atoms with Crippen molar-refractivity contribution in [1.82, 2.24) is 63.1 Å². The number of aliphatic carboxylic acids is 3. The van der Waals surface area contributed by atoms with Crippen molar-refractivity contribution >= 4 is 106 Å². The maximum atomic E-state index is 14.1. The molecule has 1 aromatic rings. The third kappa shape index (κ3) is 30.7. The summed E-state index contributed by atoms with van der Waals surface area (Å²) in [6.07, 6.45) is 3.82. The quantitative estimate of drug-likeness (QED) is 0.0274. The number of hydrogen-bond acceptors (Lipinski definition) is 19. The van der Waals surface area contributed by atoms with Gasteiger partial charge in [-0.15, -0.1) is 0 Å². The summed E-state index contributed by atoms with van der Waals surface area (Å²) >= 11 is 2.58. The number of amides is 11. The SMILES string of the molecule is CSCC[C@H](NC(=O)[C@H](C)NC(=O)[C@H](C)NC(=O)[C@H](CCC(N)=O)NC(=O)[C@H](Cc1cnc[nH]1)NC(=O)CN)C(=O)N[C@@H](CCC(=O)O)C(=O)N[C@@H](CCSC)C(=O)N[C@@H](CC(C)C)C(=O)N[C@@H](CCCCN)C(=O)N[C@@H](CCC(=O)O)C(=O)O. The minimum Gasteiger partial charge on any atom is -0.481 e. The van der Waals surface area contributed by atoms with E-state index < -0.39 is 176 Å². The second-order valence-corrected chi connectivity index (χ2v) is 22.2. The number of hydrogen-bond donors (Lipinski definition) is 17. The zero-order valence-corrected chi connectivity index (χ0v) is 50.2. The summed E-state index contributed by atoms with van der Waals surface area (Å²) in [5, 5.41) is 53.1. The number of nitrogens with one attached hydrogen (secondary N) is 11. The number of primary amides is 1. The molecule has 0 fully saturated rings. The van der Waals surface area contributed by atoms with Crippen LogP contribution < -0.4 is 70.4 Å². The van der Waals surface area contributed by atoms with Crippen LogP contribution >= 0.6 is 23.5 Å². The highest BCUT2D eigenvalue weighted by Gasteiger charge is 2.35. The molecule has 1 heterocycles. The Kier molecular flexibility index (Phi) is 36.1. The Morgan fingerprint density at radius 3 is 1.31 bits per heavy atom. The molecule has 0 saturated heterocycles. The van der Waals surface area contributed by atoms with Gasteiger partial charge in [-0.2, -0.15) is 23.5 Å². The van der Waals surface area contributed by atoms with Gasteiger partial charge < -0.3 is 90.7 Å². The van der Waals surface area contributed by atoms with Crippen molar-refractivity contribution in [2.24, 2.45) is 23.1 Å². The lowest BCUT2D eigenvalue weighted by molar-refractivity contribution is -0.143. The molecule has 11 amide bonds. The predicted octanol–water partition coefficient (Wildman–Crippen LogP) is -4.44. The van der Waals surface area contributed by atoms with Crippen LogP contribution in [-0.2, 0) is 73.5 Å². The van der Waals surface area contributed by atoms with Crippen LogP contribution in [0.2, 0.25) is 0 Å². The molecule has 0 saturated carbocycles. The van der Waals surface area contributed by atoms with Gasteiger partial charge in [0, 0.05) is 37.6 Å². The number of carboxylic acids is 3. The van der Waals surface area contributed by atoms with E-state index in [-0.39, 0.29) is 68.9 Å². The number of H-pyrrole nitrogens is 1. The van der Waals surface area contributed by atoms with Crippen molar-refractivity contribution in [1.29, 1.82) is 0 Å². The largest absolute Gasteiger partial charge is 0.481 e. The average Bonchev–Trinajstić information content (AvgIpc) is 4.14. The zero-order chi connectivity index (χ0) is 64.3. The van der Waals surface area contributed by atoms with E-state index in [4.69, 9.17) is 22.3 Å². The van der Waals surface area contributed by atoms with Gasteiger partial charge in [0.15, 0.2) is 0 Å². The molecule has 10 atom stereocenters. The molecule has 1 rings (SSSR count). The van der Waals surface area contributed by atoms with Gasteiger partial charge in [0.2, 0.25) is 65.0 Å². The fourth-order valence-electron chi connectivity index (χ4n) is 7.88. The average molecular weight is 1240 g/mol. The summed E-state index contributed by atoms with van der Waals surface area (Å²) in [5.41, 5.74) is 16.8. The van der Waals surface area contributed by atoms with Crippen LogP contribution in [0.1, 0.15) is 110 Å². The van der Waals surface area contributed by atoms with Gasteiger partial charge in [-0.3, -0.25) is 62.3 Å². The summed E-state index contributed by atoms with van der Waals surface area (Å²) in [4.78, 5) is 189. The van der Waals surface area contributed by atoms with Gasteiger partial charge in [-0.25, -0.2) is 9.78 Å². The maximum Gasteiger partial charge on any atom is 0.326 e. The van der Waals surface area contributed by atoms with Crippen LogP contribution in [0, 0.1) is 5.92 Å². The van der Waals surface area contributed by atoms with Gasteiger partial charge in [0.05, 0.1) is 12.9 Å². The lowest BCUT2D eigenvalue weighted by Gasteiger charge is -2.28. The number of unbranched alkanes of at least 4 members (excludes halogenated alkanes) is 1. The molecule has 478 valence electrons. The summed E-state index contributed by atoms with van der Waals surface area (Å²) < 4.78 is 0. The van der Waals surface area contributed by atoms with E-state index in [0.717, 1.165) is 0 Å². The second kappa shape index (κ2) is 40.6. The monoisotopic (exact) mass is 1240 g/mol. The van der Waals surface area contributed by atoms with Crippen LogP contribution in [0.3, 0.4) is 0 Å². The number of carboxylic acid groups (broad SMARTS) is 3. The first-order chi connectivity index (χ1) is 40.1. The van der Waals surface area contributed by atoms with E-state index in [2.05, 4.69) is 63.1 Å². The summed E-state index contributed by atoms with van der Waals surface area (Å²) in [6, 6.07) is -14.2. The highest BCUT2D eigenvalue weighted by molar-refractivity contribution is 7.98. The number of nitrogens with two attached hydrogens (primary N) is 3. The number of aromatic amines is 1. The molecule has 0 aromatic carbocycles. The number of rotatable bonds is 44. The first kappa shape index (κ1) is 75.4. The molecule has 0 aliphatic heterocycles. The Hall–Kier alpha value is -7.59. The van der Waals surface area contributed by atoms with Crippen molar-refractivity contribution in [3.8, 4) is 0 Å². The number of aromatic nitrogens is 2. The van der Waals surface area contributed by atoms with Crippen molar-refractivity contribution < 1.29 is 82.4 Å². The van der Waals surface area contributed by atoms with Crippen molar-refractivity contribution in [3.05, 3.63) is 18.2 Å². The molecule has 0 bridgehead atoms. The van der Waals surface area contributed by atoms with E-state index in [0.29, 0.717) is 18.5 Å². The van der Waals surface area contributed by atoms with Crippen molar-refractivity contribution in [2.75, 3.05) is 37.1 Å². The Morgan fingerprint density at radius 1 is 0.494 bits per heavy atom. The molecule has 20 N–H and O–H groups in total. The van der Waals surface area contributed by atoms with Crippen LogP contribution in [0.5, 0.6) is 0 Å². The molecule has 0 spiro atoms. The van der Waals surface area contributed by atoms with E-state index in [1.807, 2.05) is 0 Å². The first-order valence-electron chi connectivity index (χ1n) is 27.4. The summed E-state index contributed by atoms with van der Waals surface area (Å²) in [5.74, 6) is -13.6. The molecular weight excluding hydrogens is 1160 g/mol. The molecule has 0 radical (unpaired) electrons. The van der Waals surface area contributed by atoms with E-state index in [9.17, 15) is 77.3 Å². The maximum absolute atomic E-state index is 14.1. The predicted molar refractivity (Wildman–Crippen MR) is 310 cm³/mol. The molecule has 34 heteroatoms. The standard InChI is InChI=1S/C51H85N15O17S2/c1-26(2)21-36(49(80)61-30(9-7-8-18-52)45(76)65-35(51(82)83)12-15-41(71)72)66-48(79)34(17-20-85-6)64-46(77)32(11-14-40(69)70)62-47(78)33(16-19-84-5)60-43(74)28(4)57-42(73)27(3)58-44(75)31(10-13-38(54)67)63-50(81)37(59-39(68)23-53)22-29-24-55-25-56-29/h24-28,30-37H,7-23,52-53H2,1-6H3,(H2,54,67)(H,55,56)(H,57,73)(H,58,75)(H,59,68)(H,60,74)(H,61,80)(H,62,78)(H,63,81)(H,64,77)(H,65,76)(H,66,79)(H,69,70)(H,71,72)(H,82,83)/t27-,28-,30-,31-,32-,33-,34-,35-,36-,37-/m0/s1. The highest BCUT2D eigenvalue weighted by Crippen LogP contribution is 2.13. The third-order valence-electron chi connectivity index (χ3n) is 12.6. The van der Waals surface area contributed by atoms with E-state index in [1.165, 1.54) is 49.9 Å². The van der Waals surface area contributed by atoms with Crippen LogP contribution in [0.15, 0.2) is 12.5 Å². The first-order valence-corrected chi connectivity index (χ1v) is 30.2. The Morgan fingerprint density at radius 2 is 0.882 bits per heavy atom. The van der Waals surface area contributed by atoms with Gasteiger partial charge in [-0.05, 0) is 108 Å². The molecule has 1 aromatic heterocycles. The van der Waals surface area contributed by atoms with Gasteiger partial charge in [0.25, 0.3) is 0 Å².